The van der Waals surface area contributed by atoms with Crippen LogP contribution in [0.4, 0.5) is 34.1 Å². The minimum Gasteiger partial charge on any atom is -0.480 e. The number of nitrogens with zero attached hydrogens (tertiary/aromatic N) is 6. The lowest BCUT2D eigenvalue weighted by atomic mass is 9.92. The minimum absolute atomic E-state index is 0. The van der Waals surface area contributed by atoms with Gasteiger partial charge in [-0.2, -0.15) is 0 Å². The van der Waals surface area contributed by atoms with Crippen molar-refractivity contribution < 1.29 is 221 Å². The van der Waals surface area contributed by atoms with Crippen LogP contribution in [-0.4, -0.2) is 332 Å². The van der Waals surface area contributed by atoms with Gasteiger partial charge in [0.2, 0.25) is 0 Å². The molecule has 5 N–H and O–H groups in total. The molecule has 752 valence electrons. The second-order valence-corrected chi connectivity index (χ2v) is 27.8. The van der Waals surface area contributed by atoms with E-state index >= 15 is 0 Å². The molecule has 0 unspecified atom stereocenters. The van der Waals surface area contributed by atoms with Gasteiger partial charge in [-0.05, 0) is 146 Å². The van der Waals surface area contributed by atoms with E-state index in [1.165, 1.54) is 129 Å². The molecule has 0 radical (unpaired) electrons. The van der Waals surface area contributed by atoms with Crippen molar-refractivity contribution in [2.24, 2.45) is 5.41 Å². The van der Waals surface area contributed by atoms with Crippen LogP contribution in [0.3, 0.4) is 0 Å². The molecule has 0 aliphatic carbocycles. The lowest BCUT2D eigenvalue weighted by Crippen LogP contribution is -2.44. The SMILES string of the molecule is C.CN(CC(=O)O)c1ccc(C(=O)OCC(=O)OCCOCCOC(=O)COC(=O)c2ccc(N(COC=O)COC=O)cc2)cc1.O=COCN(COC=O)c1ccc(C(=O)CCC(=O)OCC(COC(=O)COC(=O)c2ccc(N(COC=O)COC=O)cc2)(COC(=O)COC(=O)c2ccc(N(CC(=O)O)CC(=O)O)cc2)COC(=O)COC(=O)c2ccc(N(CC(=O)O)CC(=O)O)cc2)cc1. The van der Waals surface area contributed by atoms with Crippen molar-refractivity contribution in [2.75, 3.05) is 195 Å². The Labute approximate surface area is 792 Å². The van der Waals surface area contributed by atoms with Crippen LogP contribution >= 0.6 is 0 Å². The number of hydrogen-bond donors (Lipinski definition) is 5. The van der Waals surface area contributed by atoms with Crippen LogP contribution < -0.4 is 29.4 Å². The molecule has 0 saturated carbocycles. The third-order valence-corrected chi connectivity index (χ3v) is 17.7. The van der Waals surface area contributed by atoms with Gasteiger partial charge in [0, 0.05) is 53.2 Å². The van der Waals surface area contributed by atoms with Crippen molar-refractivity contribution in [1.82, 2.24) is 0 Å². The molecule has 0 fully saturated rings. The summed E-state index contributed by atoms with van der Waals surface area (Å²) < 4.78 is 89.9. The molecule has 6 aromatic carbocycles. The van der Waals surface area contributed by atoms with Crippen LogP contribution in [0, 0.1) is 5.41 Å². The second kappa shape index (κ2) is 62.5. The van der Waals surface area contributed by atoms with E-state index in [0.29, 0.717) is 22.7 Å². The van der Waals surface area contributed by atoms with E-state index in [2.05, 4.69) is 9.47 Å². The summed E-state index contributed by atoms with van der Waals surface area (Å²) >= 11 is 0. The Kier molecular flexibility index (Phi) is 51.1. The number of carbonyl (C=O) groups is 23. The number of hydrogen-bond acceptors (Lipinski definition) is 47. The van der Waals surface area contributed by atoms with Crippen molar-refractivity contribution in [3.05, 3.63) is 179 Å². The largest absolute Gasteiger partial charge is 0.480 e. The average molecular weight is 1970 g/mol. The molecule has 0 aliphatic rings. The summed E-state index contributed by atoms with van der Waals surface area (Å²) in [7, 11) is 1.58. The van der Waals surface area contributed by atoms with Crippen molar-refractivity contribution in [3.8, 4) is 0 Å². The van der Waals surface area contributed by atoms with Crippen LogP contribution in [0.2, 0.25) is 0 Å². The molecule has 0 atom stereocenters. The standard InChI is InChI=1S/C58H58N4O31.C29H32N2O15.CH4/c63-34-83-30-61(31-84-35-64)44-9-1-38(2-10-44)46(67)17-18-51(76)90-26-58(27-91-52(77)23-87-55(80)39-3-11-42(12-4-39)59(19-47(68)69)20-48(70)71,28-92-53(78)24-88-56(81)40-5-13-43(14-6-40)60(21-49(72)73)22-50(74)75)29-93-54(79)25-89-57(82)41-7-15-45(16-8-41)62(32-85-36-65)33-86-37-66;1-30(14-25(34)35)23-6-2-21(3-7-23)28(38)45-15-26(36)43-12-10-40-11-13-44-27(37)16-46-29(39)22-4-8-24(9-5-22)31(17-41-19-32)18-42-20-33;/h1-16,34-37H,17-33H2,(H,68,69)(H,70,71)(H,72,73)(H,74,75);2-9,19-20H,10-18H2,1H3,(H,34,35);1H4. The van der Waals surface area contributed by atoms with Crippen molar-refractivity contribution in [2.45, 2.75) is 20.3 Å². The lowest BCUT2D eigenvalue weighted by Gasteiger charge is -2.31. The zero-order valence-electron chi connectivity index (χ0n) is 73.4. The average Bonchev–Trinajstić information content (AvgIpc) is 0.864. The topological polar surface area (TPSA) is 679 Å². The Balaban J connectivity index is 0.000000727. The Morgan fingerprint density at radius 3 is 0.707 bits per heavy atom. The van der Waals surface area contributed by atoms with Gasteiger partial charge in [-0.15, -0.1) is 0 Å². The van der Waals surface area contributed by atoms with E-state index < -0.39 is 205 Å². The maximum atomic E-state index is 13.5. The van der Waals surface area contributed by atoms with Crippen LogP contribution in [0.25, 0.3) is 0 Å². The molecule has 0 bridgehead atoms. The number of esters is 11. The molecule has 6 rings (SSSR count). The minimum atomic E-state index is -2.20. The predicted octanol–water partition coefficient (Wildman–Crippen LogP) is 1.49. The first kappa shape index (κ1) is 114. The third-order valence-electron chi connectivity index (χ3n) is 17.7. The first-order valence-corrected chi connectivity index (χ1v) is 40.0. The summed E-state index contributed by atoms with van der Waals surface area (Å²) in [6, 6.07) is 31.7. The second-order valence-electron chi connectivity index (χ2n) is 27.8. The van der Waals surface area contributed by atoms with Crippen molar-refractivity contribution >= 4 is 174 Å². The Hall–Kier alpha value is -17.9. The van der Waals surface area contributed by atoms with Crippen LogP contribution in [0.5, 0.6) is 0 Å². The zero-order valence-corrected chi connectivity index (χ0v) is 73.4. The van der Waals surface area contributed by atoms with E-state index in [9.17, 15) is 131 Å². The quantitative estimate of drug-likeness (QED) is 0.00902. The number of benzene rings is 6. The molecule has 0 spiro atoms. The maximum Gasteiger partial charge on any atom is 0.344 e. The molecule has 0 heterocycles. The fourth-order valence-corrected chi connectivity index (χ4v) is 11.0. The van der Waals surface area contributed by atoms with Gasteiger partial charge in [-0.1, -0.05) is 7.43 Å². The van der Waals surface area contributed by atoms with Gasteiger partial charge in [-0.25, -0.2) is 47.9 Å². The van der Waals surface area contributed by atoms with Gasteiger partial charge in [0.25, 0.3) is 38.8 Å². The number of carbonyl (C=O) groups excluding carboxylic acids is 18. The number of aliphatic carboxylic acids is 5. The van der Waals surface area contributed by atoms with Gasteiger partial charge in [0.15, 0.2) is 79.2 Å². The van der Waals surface area contributed by atoms with Gasteiger partial charge in [-0.3, -0.25) is 62.3 Å². The van der Waals surface area contributed by atoms with Gasteiger partial charge < -0.3 is 140 Å². The molecule has 140 heavy (non-hydrogen) atoms. The summed E-state index contributed by atoms with van der Waals surface area (Å²) in [6.07, 6.45) is -1.17. The van der Waals surface area contributed by atoms with Crippen molar-refractivity contribution in [3.63, 3.8) is 0 Å². The number of carboxylic acids is 5. The summed E-state index contributed by atoms with van der Waals surface area (Å²) in [5.41, 5.74) is -0.594. The normalized spacial score (nSPS) is 10.3. The fourth-order valence-electron chi connectivity index (χ4n) is 11.0. The van der Waals surface area contributed by atoms with Crippen LogP contribution in [0.1, 0.15) is 82.4 Å². The summed E-state index contributed by atoms with van der Waals surface area (Å²) in [4.78, 5) is 281. The van der Waals surface area contributed by atoms with E-state index in [1.807, 2.05) is 0 Å². The highest BCUT2D eigenvalue weighted by molar-refractivity contribution is 5.98. The molecular formula is C88H94N6O46. The fraction of sp³-hybridized carbons (Fsp3) is 0.330. The van der Waals surface area contributed by atoms with Crippen LogP contribution in [0.15, 0.2) is 146 Å². The molecule has 52 nitrogen and oxygen atoms in total. The van der Waals surface area contributed by atoms with Gasteiger partial charge in [0.1, 0.15) is 77.8 Å². The highest BCUT2D eigenvalue weighted by Gasteiger charge is 2.39. The van der Waals surface area contributed by atoms with E-state index in [1.54, 1.807) is 19.2 Å². The molecule has 0 amide bonds. The number of ketones is 1. The summed E-state index contributed by atoms with van der Waals surface area (Å²) in [5, 5.41) is 45.8. The van der Waals surface area contributed by atoms with Crippen LogP contribution in [-0.2, 0) is 167 Å². The van der Waals surface area contributed by atoms with E-state index in [-0.39, 0.29) is 164 Å². The summed E-state index contributed by atoms with van der Waals surface area (Å²) in [6.45, 7) is -13.2. The molecule has 52 heteroatoms. The first-order valence-electron chi connectivity index (χ1n) is 40.0. The summed E-state index contributed by atoms with van der Waals surface area (Å²) in [5.74, 6) is -18.9. The first-order chi connectivity index (χ1) is 66.6. The number of likely N-dealkylation sites (N-methyl/N-ethyl adjacent to an activating group) is 1. The molecule has 0 aliphatic heterocycles. The lowest BCUT2D eigenvalue weighted by molar-refractivity contribution is -0.174. The number of carboxylic acid groups (broad SMARTS) is 5. The number of Topliss-reactive ketones (excluding diaryl/α,β-unsaturated/α-hetero) is 1. The van der Waals surface area contributed by atoms with Gasteiger partial charge >= 0.3 is 95.5 Å². The molecular weight excluding hydrogens is 1880 g/mol. The smallest absolute Gasteiger partial charge is 0.344 e. The monoisotopic (exact) mass is 1970 g/mol. The maximum absolute atomic E-state index is 13.5. The Bertz CT molecular complexity index is 4890. The van der Waals surface area contributed by atoms with Crippen molar-refractivity contribution in [1.29, 1.82) is 0 Å². The molecule has 0 aromatic heterocycles. The van der Waals surface area contributed by atoms with E-state index in [4.69, 9.17) is 80.9 Å². The number of ether oxygens (including phenoxy) is 18. The zero-order chi connectivity index (χ0) is 102. The van der Waals surface area contributed by atoms with Gasteiger partial charge in [0.05, 0.1) is 47.5 Å². The Morgan fingerprint density at radius 2 is 0.471 bits per heavy atom. The Morgan fingerprint density at radius 1 is 0.257 bits per heavy atom. The highest BCUT2D eigenvalue weighted by Crippen LogP contribution is 2.26. The number of anilines is 6. The highest BCUT2D eigenvalue weighted by atomic mass is 16.6. The number of rotatable bonds is 67. The molecule has 6 aromatic rings. The molecule has 0 saturated heterocycles. The predicted molar refractivity (Wildman–Crippen MR) is 465 cm³/mol. The van der Waals surface area contributed by atoms with E-state index in [0.717, 1.165) is 34.1 Å². The third kappa shape index (κ3) is 43.4.